The maximum atomic E-state index is 10.6. The standard InChI is InChI=1S/C27H35N7O/c1-5-33(6-2)18-22(35)15-16-34-26-23(17-28-27(31-26)29-21-13-8-7-9-14-21)25(32-34)30-24-19(3)11-10-12-20(24)4/h7-14,17,22,35H,5-6,15-16,18H2,1-4H3,(H,30,32)(H,28,29,31). The van der Waals surface area contributed by atoms with Gasteiger partial charge in [-0.25, -0.2) is 9.67 Å². The lowest BCUT2D eigenvalue weighted by molar-refractivity contribution is 0.106. The molecule has 0 fully saturated rings. The first-order chi connectivity index (χ1) is 17.0. The first-order valence-corrected chi connectivity index (χ1v) is 12.3. The van der Waals surface area contributed by atoms with Crippen molar-refractivity contribution in [2.24, 2.45) is 0 Å². The average Bonchev–Trinajstić information content (AvgIpc) is 3.20. The lowest BCUT2D eigenvalue weighted by atomic mass is 10.1. The number of aryl methyl sites for hydroxylation is 3. The molecule has 0 aliphatic heterocycles. The van der Waals surface area contributed by atoms with E-state index < -0.39 is 6.10 Å². The minimum Gasteiger partial charge on any atom is -0.392 e. The van der Waals surface area contributed by atoms with Crippen LogP contribution in [0.15, 0.2) is 54.7 Å². The van der Waals surface area contributed by atoms with Crippen LogP contribution in [-0.4, -0.2) is 55.5 Å². The van der Waals surface area contributed by atoms with Gasteiger partial charge in [0.2, 0.25) is 5.95 Å². The molecule has 4 rings (SSSR count). The van der Waals surface area contributed by atoms with Crippen LogP contribution in [-0.2, 0) is 6.54 Å². The molecule has 0 aliphatic carbocycles. The molecule has 8 heteroatoms. The van der Waals surface area contributed by atoms with Crippen molar-refractivity contribution < 1.29 is 5.11 Å². The summed E-state index contributed by atoms with van der Waals surface area (Å²) in [5, 5.41) is 23.1. The van der Waals surface area contributed by atoms with Gasteiger partial charge in [0.25, 0.3) is 0 Å². The fourth-order valence-corrected chi connectivity index (χ4v) is 4.19. The maximum absolute atomic E-state index is 10.6. The SMILES string of the molecule is CCN(CC)CC(O)CCn1nc(Nc2c(C)cccc2C)c2cnc(Nc3ccccc3)nc21. The first kappa shape index (κ1) is 24.6. The molecule has 1 unspecified atom stereocenters. The minimum absolute atomic E-state index is 0.437. The third-order valence-electron chi connectivity index (χ3n) is 6.28. The molecule has 2 aromatic heterocycles. The van der Waals surface area contributed by atoms with Crippen LogP contribution in [0, 0.1) is 13.8 Å². The molecular weight excluding hydrogens is 438 g/mol. The predicted molar refractivity (Wildman–Crippen MR) is 143 cm³/mol. The molecule has 3 N–H and O–H groups in total. The van der Waals surface area contributed by atoms with Crippen molar-refractivity contribution in [1.82, 2.24) is 24.6 Å². The molecule has 0 bridgehead atoms. The van der Waals surface area contributed by atoms with Crippen molar-refractivity contribution in [2.75, 3.05) is 30.3 Å². The van der Waals surface area contributed by atoms with Crippen LogP contribution in [0.25, 0.3) is 11.0 Å². The molecule has 0 amide bonds. The van der Waals surface area contributed by atoms with Gasteiger partial charge >= 0.3 is 0 Å². The Morgan fingerprint density at radius 3 is 2.37 bits per heavy atom. The van der Waals surface area contributed by atoms with Crippen LogP contribution in [0.4, 0.5) is 23.1 Å². The Kier molecular flexibility index (Phi) is 7.94. The van der Waals surface area contributed by atoms with Gasteiger partial charge in [0.05, 0.1) is 11.5 Å². The highest BCUT2D eigenvalue weighted by Gasteiger charge is 2.17. The van der Waals surface area contributed by atoms with Gasteiger partial charge in [0.1, 0.15) is 0 Å². The van der Waals surface area contributed by atoms with Crippen molar-refractivity contribution >= 4 is 34.2 Å². The lowest BCUT2D eigenvalue weighted by Crippen LogP contribution is -2.32. The number of aliphatic hydroxyl groups is 1. The zero-order chi connectivity index (χ0) is 24.8. The Bertz CT molecular complexity index is 1230. The van der Waals surface area contributed by atoms with Gasteiger partial charge in [-0.05, 0) is 56.6 Å². The Balaban J connectivity index is 1.65. The van der Waals surface area contributed by atoms with Crippen LogP contribution in [0.2, 0.25) is 0 Å². The van der Waals surface area contributed by atoms with Gasteiger partial charge in [-0.3, -0.25) is 0 Å². The largest absolute Gasteiger partial charge is 0.392 e. The summed E-state index contributed by atoms with van der Waals surface area (Å²) < 4.78 is 1.87. The van der Waals surface area contributed by atoms with Crippen molar-refractivity contribution in [3.05, 3.63) is 65.9 Å². The summed E-state index contributed by atoms with van der Waals surface area (Å²) in [5.74, 6) is 1.22. The van der Waals surface area contributed by atoms with Gasteiger partial charge in [0.15, 0.2) is 11.5 Å². The van der Waals surface area contributed by atoms with E-state index in [0.29, 0.717) is 31.3 Å². The number of nitrogens with one attached hydrogen (secondary N) is 2. The van der Waals surface area contributed by atoms with E-state index in [2.05, 4.69) is 66.4 Å². The van der Waals surface area contributed by atoms with E-state index in [1.54, 1.807) is 6.20 Å². The summed E-state index contributed by atoms with van der Waals surface area (Å²) >= 11 is 0. The van der Waals surface area contributed by atoms with Crippen LogP contribution in [0.5, 0.6) is 0 Å². The van der Waals surface area contributed by atoms with Gasteiger partial charge in [-0.1, -0.05) is 50.2 Å². The van der Waals surface area contributed by atoms with Crippen LogP contribution >= 0.6 is 0 Å². The molecule has 184 valence electrons. The number of aromatic nitrogens is 4. The van der Waals surface area contributed by atoms with Crippen molar-refractivity contribution in [3.63, 3.8) is 0 Å². The molecule has 0 radical (unpaired) electrons. The van der Waals surface area contributed by atoms with Crippen LogP contribution in [0.1, 0.15) is 31.4 Å². The number of rotatable bonds is 11. The first-order valence-electron chi connectivity index (χ1n) is 12.3. The highest BCUT2D eigenvalue weighted by atomic mass is 16.3. The molecular formula is C27H35N7O. The third-order valence-corrected chi connectivity index (χ3v) is 6.28. The number of benzene rings is 2. The van der Waals surface area contributed by atoms with Gasteiger partial charge in [-0.2, -0.15) is 10.1 Å². The zero-order valence-corrected chi connectivity index (χ0v) is 21.0. The monoisotopic (exact) mass is 473 g/mol. The van der Waals surface area contributed by atoms with Gasteiger partial charge < -0.3 is 20.6 Å². The molecule has 4 aromatic rings. The number of hydrogen-bond donors (Lipinski definition) is 3. The quantitative estimate of drug-likeness (QED) is 0.282. The Labute approximate surface area is 207 Å². The third kappa shape index (κ3) is 5.96. The maximum Gasteiger partial charge on any atom is 0.229 e. The summed E-state index contributed by atoms with van der Waals surface area (Å²) in [4.78, 5) is 11.6. The fourth-order valence-electron chi connectivity index (χ4n) is 4.19. The average molecular weight is 474 g/mol. The van der Waals surface area contributed by atoms with Crippen LogP contribution < -0.4 is 10.6 Å². The highest BCUT2D eigenvalue weighted by molar-refractivity contribution is 5.90. The summed E-state index contributed by atoms with van der Waals surface area (Å²) in [5.41, 5.74) is 4.96. The van der Waals surface area contributed by atoms with Gasteiger partial charge in [-0.15, -0.1) is 0 Å². The van der Waals surface area contributed by atoms with E-state index in [9.17, 15) is 5.11 Å². The molecule has 35 heavy (non-hydrogen) atoms. The number of aliphatic hydroxyl groups excluding tert-OH is 1. The Morgan fingerprint density at radius 1 is 0.971 bits per heavy atom. The fraction of sp³-hybridized carbons (Fsp3) is 0.370. The summed E-state index contributed by atoms with van der Waals surface area (Å²) in [6.45, 7) is 11.4. The van der Waals surface area contributed by atoms with E-state index in [-0.39, 0.29) is 0 Å². The van der Waals surface area contributed by atoms with Gasteiger partial charge in [0, 0.05) is 30.7 Å². The minimum atomic E-state index is -0.437. The molecule has 0 saturated carbocycles. The van der Waals surface area contributed by atoms with Crippen molar-refractivity contribution in [3.8, 4) is 0 Å². The van der Waals surface area contributed by atoms with E-state index in [4.69, 9.17) is 10.1 Å². The van der Waals surface area contributed by atoms with E-state index in [1.165, 1.54) is 0 Å². The van der Waals surface area contributed by atoms with E-state index in [0.717, 1.165) is 46.6 Å². The highest BCUT2D eigenvalue weighted by Crippen LogP contribution is 2.29. The molecule has 0 spiro atoms. The summed E-state index contributed by atoms with van der Waals surface area (Å²) in [6, 6.07) is 16.1. The molecule has 0 saturated heterocycles. The number of anilines is 4. The number of nitrogens with zero attached hydrogens (tertiary/aromatic N) is 5. The number of para-hydroxylation sites is 2. The van der Waals surface area contributed by atoms with E-state index in [1.807, 2.05) is 35.0 Å². The molecule has 2 heterocycles. The second kappa shape index (κ2) is 11.3. The molecule has 0 aliphatic rings. The van der Waals surface area contributed by atoms with Crippen LogP contribution in [0.3, 0.4) is 0 Å². The van der Waals surface area contributed by atoms with E-state index >= 15 is 0 Å². The zero-order valence-electron chi connectivity index (χ0n) is 21.0. The normalized spacial score (nSPS) is 12.3. The number of likely N-dealkylation sites (N-methyl/N-ethyl adjacent to an activating group) is 1. The lowest BCUT2D eigenvalue weighted by Gasteiger charge is -2.21. The topological polar surface area (TPSA) is 91.1 Å². The summed E-state index contributed by atoms with van der Waals surface area (Å²) in [6.07, 6.45) is 1.95. The molecule has 2 aromatic carbocycles. The van der Waals surface area contributed by atoms with Crippen molar-refractivity contribution in [2.45, 2.75) is 46.8 Å². The number of hydrogen-bond acceptors (Lipinski definition) is 7. The molecule has 1 atom stereocenters. The summed E-state index contributed by atoms with van der Waals surface area (Å²) in [7, 11) is 0. The van der Waals surface area contributed by atoms with Crippen molar-refractivity contribution in [1.29, 1.82) is 0 Å². The smallest absolute Gasteiger partial charge is 0.229 e. The Morgan fingerprint density at radius 2 is 1.69 bits per heavy atom. The second-order valence-electron chi connectivity index (χ2n) is 8.81. The Hall–Kier alpha value is -3.49. The molecule has 8 nitrogen and oxygen atoms in total. The predicted octanol–water partition coefficient (Wildman–Crippen LogP) is 5.02. The number of fused-ring (bicyclic) bond motifs is 1. The second-order valence-corrected chi connectivity index (χ2v) is 8.81.